The quantitative estimate of drug-likeness (QED) is 0.146. The van der Waals surface area contributed by atoms with Gasteiger partial charge in [-0.25, -0.2) is 9.67 Å². The van der Waals surface area contributed by atoms with Crippen LogP contribution >= 0.6 is 23.1 Å². The summed E-state index contributed by atoms with van der Waals surface area (Å²) in [5.41, 5.74) is 1.51. The molecule has 0 bridgehead atoms. The Hall–Kier alpha value is -4.41. The second-order valence-corrected chi connectivity index (χ2v) is 9.61. The summed E-state index contributed by atoms with van der Waals surface area (Å²) in [4.78, 5) is 39.1. The van der Waals surface area contributed by atoms with Gasteiger partial charge in [-0.1, -0.05) is 17.8 Å². The summed E-state index contributed by atoms with van der Waals surface area (Å²) in [7, 11) is 0. The van der Waals surface area contributed by atoms with E-state index in [0.717, 1.165) is 16.4 Å². The van der Waals surface area contributed by atoms with E-state index in [1.54, 1.807) is 26.0 Å². The standard InChI is InChI=1S/C22H14N6O5S2/c1-12-7-13(2)26(25-12)21(29)15(11-23)8-14-3-6-19(18(9-14)28(32)33)34-22-24-17-5-4-16(27(30)31)10-20(17)35-22/h3-10H,1-2H3/b15-8+. The van der Waals surface area contributed by atoms with Crippen molar-refractivity contribution < 1.29 is 14.6 Å². The van der Waals surface area contributed by atoms with Crippen molar-refractivity contribution in [1.82, 2.24) is 14.8 Å². The van der Waals surface area contributed by atoms with Crippen molar-refractivity contribution in [1.29, 1.82) is 5.26 Å². The molecule has 174 valence electrons. The molecule has 0 N–H and O–H groups in total. The summed E-state index contributed by atoms with van der Waals surface area (Å²) in [6, 6.07) is 12.1. The molecule has 2 aromatic carbocycles. The first-order valence-corrected chi connectivity index (χ1v) is 11.5. The Morgan fingerprint density at radius 1 is 1.14 bits per heavy atom. The van der Waals surface area contributed by atoms with Crippen LogP contribution < -0.4 is 0 Å². The number of aryl methyl sites for hydroxylation is 2. The van der Waals surface area contributed by atoms with Crippen molar-refractivity contribution in [2.75, 3.05) is 0 Å². The van der Waals surface area contributed by atoms with Crippen LogP contribution in [0.4, 0.5) is 11.4 Å². The third-order valence-electron chi connectivity index (χ3n) is 4.80. The lowest BCUT2D eigenvalue weighted by Crippen LogP contribution is -2.15. The molecule has 2 aromatic heterocycles. The number of allylic oxidation sites excluding steroid dienone is 1. The molecule has 0 aliphatic heterocycles. The monoisotopic (exact) mass is 506 g/mol. The zero-order chi connectivity index (χ0) is 25.3. The van der Waals surface area contributed by atoms with E-state index in [4.69, 9.17) is 0 Å². The van der Waals surface area contributed by atoms with E-state index in [0.29, 0.717) is 36.4 Å². The number of nitro benzene ring substituents is 2. The predicted molar refractivity (Wildman–Crippen MR) is 129 cm³/mol. The fraction of sp³-hybridized carbons (Fsp3) is 0.0909. The smallest absolute Gasteiger partial charge is 0.266 e. The molecule has 0 unspecified atom stereocenters. The Morgan fingerprint density at radius 2 is 1.91 bits per heavy atom. The Labute approximate surface area is 205 Å². The Bertz CT molecular complexity index is 1600. The lowest BCUT2D eigenvalue weighted by molar-refractivity contribution is -0.387. The van der Waals surface area contributed by atoms with Gasteiger partial charge in [-0.15, -0.1) is 11.3 Å². The molecule has 0 spiro atoms. The van der Waals surface area contributed by atoms with Crippen LogP contribution in [0, 0.1) is 45.4 Å². The summed E-state index contributed by atoms with van der Waals surface area (Å²) < 4.78 is 2.18. The second-order valence-electron chi connectivity index (χ2n) is 7.29. The van der Waals surface area contributed by atoms with Crippen molar-refractivity contribution in [2.45, 2.75) is 23.1 Å². The first kappa shape index (κ1) is 23.7. The minimum absolute atomic E-state index is 0.0665. The van der Waals surface area contributed by atoms with Crippen LogP contribution in [-0.2, 0) is 0 Å². The third kappa shape index (κ3) is 4.93. The average molecular weight is 507 g/mol. The van der Waals surface area contributed by atoms with Crippen molar-refractivity contribution >= 4 is 56.7 Å². The highest BCUT2D eigenvalue weighted by molar-refractivity contribution is 8.01. The number of carbonyl (C=O) groups is 1. The van der Waals surface area contributed by atoms with E-state index in [1.165, 1.54) is 47.7 Å². The number of hydrogen-bond acceptors (Lipinski definition) is 10. The van der Waals surface area contributed by atoms with E-state index in [-0.39, 0.29) is 16.9 Å². The van der Waals surface area contributed by atoms with Gasteiger partial charge in [-0.05, 0) is 43.7 Å². The molecule has 0 fully saturated rings. The fourth-order valence-electron chi connectivity index (χ4n) is 3.25. The SMILES string of the molecule is Cc1cc(C)n(C(=O)/C(C#N)=C/c2ccc(Sc3nc4ccc([N+](=O)[O-])cc4s3)c([N+](=O)[O-])c2)n1. The number of aromatic nitrogens is 3. The molecule has 0 amide bonds. The van der Waals surface area contributed by atoms with Gasteiger partial charge in [0, 0.05) is 23.9 Å². The molecule has 4 rings (SSSR count). The molecule has 2 heterocycles. The van der Waals surface area contributed by atoms with Crippen LogP contribution in [0.25, 0.3) is 16.3 Å². The summed E-state index contributed by atoms with van der Waals surface area (Å²) in [6.07, 6.45) is 1.27. The number of non-ortho nitro benzene ring substituents is 1. The molecule has 0 saturated carbocycles. The topological polar surface area (TPSA) is 158 Å². The van der Waals surface area contributed by atoms with E-state index in [1.807, 2.05) is 6.07 Å². The number of thiazole rings is 1. The lowest BCUT2D eigenvalue weighted by atomic mass is 10.1. The van der Waals surface area contributed by atoms with Crippen molar-refractivity contribution in [3.05, 3.63) is 85.2 Å². The fourth-order valence-corrected chi connectivity index (χ4v) is 5.40. The number of rotatable bonds is 6. The van der Waals surface area contributed by atoms with E-state index < -0.39 is 15.8 Å². The molecule has 4 aromatic rings. The van der Waals surface area contributed by atoms with Gasteiger partial charge < -0.3 is 0 Å². The first-order chi connectivity index (χ1) is 16.7. The molecule has 0 saturated heterocycles. The molecule has 0 aliphatic carbocycles. The van der Waals surface area contributed by atoms with Crippen LogP contribution in [0.3, 0.4) is 0 Å². The highest BCUT2D eigenvalue weighted by Crippen LogP contribution is 2.40. The maximum Gasteiger partial charge on any atom is 0.289 e. The number of fused-ring (bicyclic) bond motifs is 1. The van der Waals surface area contributed by atoms with E-state index >= 15 is 0 Å². The highest BCUT2D eigenvalue weighted by atomic mass is 32.2. The first-order valence-electron chi connectivity index (χ1n) is 9.87. The molecule has 0 aliphatic rings. The molecule has 13 heteroatoms. The zero-order valence-corrected chi connectivity index (χ0v) is 19.8. The van der Waals surface area contributed by atoms with Gasteiger partial charge >= 0.3 is 0 Å². The minimum Gasteiger partial charge on any atom is -0.266 e. The maximum atomic E-state index is 12.7. The van der Waals surface area contributed by atoms with Gasteiger partial charge in [-0.3, -0.25) is 25.0 Å². The molecule has 0 atom stereocenters. The van der Waals surface area contributed by atoms with Crippen molar-refractivity contribution in [3.8, 4) is 6.07 Å². The normalized spacial score (nSPS) is 11.4. The summed E-state index contributed by atoms with van der Waals surface area (Å²) >= 11 is 2.24. The number of nitro groups is 2. The van der Waals surface area contributed by atoms with Crippen LogP contribution in [0.15, 0.2) is 57.3 Å². The van der Waals surface area contributed by atoms with Crippen LogP contribution in [0.2, 0.25) is 0 Å². The van der Waals surface area contributed by atoms with Crippen molar-refractivity contribution in [3.63, 3.8) is 0 Å². The highest BCUT2D eigenvalue weighted by Gasteiger charge is 2.20. The molecule has 0 radical (unpaired) electrons. The van der Waals surface area contributed by atoms with Gasteiger partial charge in [-0.2, -0.15) is 10.4 Å². The van der Waals surface area contributed by atoms with Crippen molar-refractivity contribution in [2.24, 2.45) is 0 Å². The van der Waals surface area contributed by atoms with E-state index in [9.17, 15) is 30.3 Å². The van der Waals surface area contributed by atoms with Gasteiger partial charge in [0.1, 0.15) is 11.6 Å². The van der Waals surface area contributed by atoms with Gasteiger partial charge in [0.05, 0.1) is 30.7 Å². The molecule has 35 heavy (non-hydrogen) atoms. The molecular weight excluding hydrogens is 492 g/mol. The average Bonchev–Trinajstić information content (AvgIpc) is 3.38. The third-order valence-corrected chi connectivity index (χ3v) is 6.95. The Morgan fingerprint density at radius 3 is 2.54 bits per heavy atom. The number of benzene rings is 2. The second kappa shape index (κ2) is 9.45. The Balaban J connectivity index is 1.66. The number of nitrogens with zero attached hydrogens (tertiary/aromatic N) is 6. The predicted octanol–water partition coefficient (Wildman–Crippen LogP) is 5.32. The van der Waals surface area contributed by atoms with Crippen LogP contribution in [0.1, 0.15) is 21.7 Å². The Kier molecular flexibility index (Phi) is 6.41. The summed E-state index contributed by atoms with van der Waals surface area (Å²) in [6.45, 7) is 3.41. The molecular formula is C22H14N6O5S2. The van der Waals surface area contributed by atoms with Gasteiger partial charge in [0.2, 0.25) is 0 Å². The van der Waals surface area contributed by atoms with Gasteiger partial charge in [0.25, 0.3) is 17.3 Å². The summed E-state index contributed by atoms with van der Waals surface area (Å²) in [5.74, 6) is -0.636. The number of nitriles is 1. The number of hydrogen-bond donors (Lipinski definition) is 0. The molecule has 11 nitrogen and oxygen atoms in total. The van der Waals surface area contributed by atoms with Gasteiger partial charge in [0.15, 0.2) is 4.34 Å². The minimum atomic E-state index is -0.636. The zero-order valence-electron chi connectivity index (χ0n) is 18.2. The van der Waals surface area contributed by atoms with Crippen LogP contribution in [-0.4, -0.2) is 30.5 Å². The summed E-state index contributed by atoms with van der Waals surface area (Å²) in [5, 5.41) is 36.3. The lowest BCUT2D eigenvalue weighted by Gasteiger charge is -2.04. The maximum absolute atomic E-state index is 12.7. The largest absolute Gasteiger partial charge is 0.289 e. The number of carbonyl (C=O) groups excluding carboxylic acids is 1. The van der Waals surface area contributed by atoms with E-state index in [2.05, 4.69) is 10.1 Å². The van der Waals surface area contributed by atoms with Crippen LogP contribution in [0.5, 0.6) is 0 Å².